The van der Waals surface area contributed by atoms with Crippen LogP contribution in [0.15, 0.2) is 30.5 Å². The molecule has 0 saturated carbocycles. The minimum atomic E-state index is -0.789. The fraction of sp³-hybridized carbons (Fsp3) is 0.200. The minimum absolute atomic E-state index is 0.429. The zero-order valence-electron chi connectivity index (χ0n) is 10.5. The molecule has 4 heteroatoms. The van der Waals surface area contributed by atoms with Crippen molar-refractivity contribution in [3.05, 3.63) is 41.6 Å². The van der Waals surface area contributed by atoms with Crippen molar-refractivity contribution in [2.75, 3.05) is 6.26 Å². The Morgan fingerprint density at radius 3 is 2.95 bits per heavy atom. The van der Waals surface area contributed by atoms with Gasteiger partial charge in [-0.15, -0.1) is 18.2 Å². The number of pyridine rings is 1. The van der Waals surface area contributed by atoms with Crippen LogP contribution in [0.1, 0.15) is 11.1 Å². The van der Waals surface area contributed by atoms with Crippen LogP contribution >= 0.6 is 11.8 Å². The molecule has 0 radical (unpaired) electrons. The van der Waals surface area contributed by atoms with Gasteiger partial charge in [0.15, 0.2) is 0 Å². The largest absolute Gasteiger partial charge is 0.480 e. The van der Waals surface area contributed by atoms with Gasteiger partial charge in [0, 0.05) is 17.1 Å². The van der Waals surface area contributed by atoms with E-state index in [1.165, 1.54) is 11.8 Å². The Bertz CT molecular complexity index is 661. The molecule has 0 fully saturated rings. The molecule has 1 heterocycles. The van der Waals surface area contributed by atoms with Crippen LogP contribution in [0.3, 0.4) is 0 Å². The van der Waals surface area contributed by atoms with Gasteiger partial charge >= 0.3 is 5.97 Å². The molecule has 1 aromatic heterocycles. The first kappa shape index (κ1) is 13.4. The molecular formula is C15H13NO2S. The van der Waals surface area contributed by atoms with Crippen LogP contribution in [-0.4, -0.2) is 27.6 Å². The van der Waals surface area contributed by atoms with Gasteiger partial charge in [0.25, 0.3) is 0 Å². The molecule has 3 nitrogen and oxygen atoms in total. The summed E-state index contributed by atoms with van der Waals surface area (Å²) in [7, 11) is 0. The summed E-state index contributed by atoms with van der Waals surface area (Å²) in [5, 5.41) is 9.58. The highest BCUT2D eigenvalue weighted by molar-refractivity contribution is 7.99. The molecule has 0 aliphatic heterocycles. The summed E-state index contributed by atoms with van der Waals surface area (Å²) in [5.41, 5.74) is 2.56. The third-order valence-corrected chi connectivity index (χ3v) is 3.83. The van der Waals surface area contributed by atoms with Crippen molar-refractivity contribution in [3.8, 4) is 12.3 Å². The second-order valence-electron chi connectivity index (χ2n) is 4.16. The van der Waals surface area contributed by atoms with Crippen LogP contribution in [0.5, 0.6) is 0 Å². The van der Waals surface area contributed by atoms with E-state index < -0.39 is 11.2 Å². The predicted molar refractivity (Wildman–Crippen MR) is 78.3 cm³/mol. The lowest BCUT2D eigenvalue weighted by Crippen LogP contribution is -2.18. The van der Waals surface area contributed by atoms with Crippen molar-refractivity contribution >= 4 is 28.6 Å². The summed E-state index contributed by atoms with van der Waals surface area (Å²) in [5.74, 6) is 1.76. The Morgan fingerprint density at radius 2 is 2.32 bits per heavy atom. The first-order valence-corrected chi connectivity index (χ1v) is 7.03. The number of rotatable bonds is 4. The fourth-order valence-electron chi connectivity index (χ4n) is 1.87. The van der Waals surface area contributed by atoms with Gasteiger partial charge in [-0.2, -0.15) is 0 Å². The molecule has 96 valence electrons. The number of aliphatic carboxylic acids is 1. The third kappa shape index (κ3) is 3.07. The number of hydrogen-bond acceptors (Lipinski definition) is 3. The smallest absolute Gasteiger partial charge is 0.316 e. The van der Waals surface area contributed by atoms with E-state index in [9.17, 15) is 4.79 Å². The van der Waals surface area contributed by atoms with Gasteiger partial charge in [-0.1, -0.05) is 12.0 Å². The molecule has 1 N–H and O–H groups in total. The van der Waals surface area contributed by atoms with Gasteiger partial charge in [-0.05, 0) is 36.4 Å². The molecule has 0 aliphatic carbocycles. The lowest BCUT2D eigenvalue weighted by molar-refractivity contribution is -0.136. The van der Waals surface area contributed by atoms with Gasteiger partial charge in [-0.3, -0.25) is 9.78 Å². The number of carboxylic acid groups (broad SMARTS) is 1. The van der Waals surface area contributed by atoms with Crippen LogP contribution in [-0.2, 0) is 11.2 Å². The molecule has 0 saturated heterocycles. The number of carboxylic acids is 1. The van der Waals surface area contributed by atoms with E-state index in [2.05, 4.69) is 10.9 Å². The van der Waals surface area contributed by atoms with Crippen LogP contribution in [0, 0.1) is 12.3 Å². The number of hydrogen-bond donors (Lipinski definition) is 1. The maximum atomic E-state index is 11.0. The first-order valence-electron chi connectivity index (χ1n) is 5.75. The van der Waals surface area contributed by atoms with Gasteiger partial charge in [-0.25, -0.2) is 0 Å². The van der Waals surface area contributed by atoms with Crippen LogP contribution in [0.2, 0.25) is 0 Å². The van der Waals surface area contributed by atoms with Crippen molar-refractivity contribution in [2.24, 2.45) is 0 Å². The van der Waals surface area contributed by atoms with Gasteiger partial charge in [0.1, 0.15) is 5.25 Å². The summed E-state index contributed by atoms with van der Waals surface area (Å²) in [6.45, 7) is 0. The molecule has 1 aromatic carbocycles. The number of nitrogens with zero attached hydrogens (tertiary/aromatic N) is 1. The molecular weight excluding hydrogens is 258 g/mol. The lowest BCUT2D eigenvalue weighted by Gasteiger charge is -2.09. The van der Waals surface area contributed by atoms with Gasteiger partial charge < -0.3 is 5.11 Å². The highest BCUT2D eigenvalue weighted by Crippen LogP contribution is 2.19. The monoisotopic (exact) mass is 271 g/mol. The molecule has 1 unspecified atom stereocenters. The number of fused-ring (bicyclic) bond motifs is 1. The third-order valence-electron chi connectivity index (χ3n) is 2.89. The summed E-state index contributed by atoms with van der Waals surface area (Å²) >= 11 is 1.34. The number of terminal acetylenes is 1. The van der Waals surface area contributed by atoms with E-state index in [-0.39, 0.29) is 0 Å². The van der Waals surface area contributed by atoms with E-state index in [0.29, 0.717) is 6.42 Å². The summed E-state index contributed by atoms with van der Waals surface area (Å²) in [4.78, 5) is 15.3. The average molecular weight is 271 g/mol. The summed E-state index contributed by atoms with van der Waals surface area (Å²) < 4.78 is 0. The quantitative estimate of drug-likeness (QED) is 0.868. The Kier molecular flexibility index (Phi) is 4.08. The van der Waals surface area contributed by atoms with Gasteiger partial charge in [0.05, 0.1) is 5.52 Å². The van der Waals surface area contributed by atoms with E-state index >= 15 is 0 Å². The molecule has 2 aromatic rings. The van der Waals surface area contributed by atoms with E-state index in [0.717, 1.165) is 22.0 Å². The lowest BCUT2D eigenvalue weighted by atomic mass is 10.1. The second kappa shape index (κ2) is 5.77. The first-order chi connectivity index (χ1) is 9.13. The summed E-state index contributed by atoms with van der Waals surface area (Å²) in [6.07, 6.45) is 9.30. The maximum absolute atomic E-state index is 11.0. The maximum Gasteiger partial charge on any atom is 0.316 e. The second-order valence-corrected chi connectivity index (χ2v) is 5.20. The highest BCUT2D eigenvalue weighted by atomic mass is 32.2. The Balaban J connectivity index is 2.35. The predicted octanol–water partition coefficient (Wildman–Crippen LogP) is 2.57. The van der Waals surface area contributed by atoms with Crippen molar-refractivity contribution in [2.45, 2.75) is 11.7 Å². The zero-order chi connectivity index (χ0) is 13.8. The standard InChI is InChI=1S/C15H13NO2S/c1-3-10-6-12-7-11(4-5-13(12)16-9-10)8-14(19-2)15(17)18/h1,4-7,9,14H,8H2,2H3,(H,17,18). The topological polar surface area (TPSA) is 50.2 Å². The normalized spacial score (nSPS) is 12.0. The van der Waals surface area contributed by atoms with E-state index in [1.807, 2.05) is 24.3 Å². The van der Waals surface area contributed by atoms with E-state index in [1.54, 1.807) is 12.5 Å². The number of thioether (sulfide) groups is 1. The van der Waals surface area contributed by atoms with Crippen LogP contribution in [0.25, 0.3) is 10.9 Å². The molecule has 0 amide bonds. The molecule has 0 spiro atoms. The van der Waals surface area contributed by atoms with Crippen molar-refractivity contribution in [1.82, 2.24) is 4.98 Å². The Morgan fingerprint density at radius 1 is 1.53 bits per heavy atom. The number of aromatic nitrogens is 1. The molecule has 2 rings (SSSR count). The average Bonchev–Trinajstić information content (AvgIpc) is 2.43. The van der Waals surface area contributed by atoms with Crippen molar-refractivity contribution in [1.29, 1.82) is 0 Å². The Hall–Kier alpha value is -1.99. The molecule has 1 atom stereocenters. The van der Waals surface area contributed by atoms with E-state index in [4.69, 9.17) is 11.5 Å². The molecule has 19 heavy (non-hydrogen) atoms. The molecule has 0 bridgehead atoms. The van der Waals surface area contributed by atoms with Crippen LogP contribution in [0.4, 0.5) is 0 Å². The minimum Gasteiger partial charge on any atom is -0.480 e. The molecule has 0 aliphatic rings. The summed E-state index contributed by atoms with van der Waals surface area (Å²) in [6, 6.07) is 7.65. The fourth-order valence-corrected chi connectivity index (χ4v) is 2.43. The Labute approximate surface area is 116 Å². The highest BCUT2D eigenvalue weighted by Gasteiger charge is 2.16. The zero-order valence-corrected chi connectivity index (χ0v) is 11.3. The number of carbonyl (C=O) groups is 1. The SMILES string of the molecule is C#Cc1cnc2ccc(CC(SC)C(=O)O)cc2c1. The van der Waals surface area contributed by atoms with Crippen molar-refractivity contribution < 1.29 is 9.90 Å². The van der Waals surface area contributed by atoms with Crippen LogP contribution < -0.4 is 0 Å². The van der Waals surface area contributed by atoms with Gasteiger partial charge in [0.2, 0.25) is 0 Å². The van der Waals surface area contributed by atoms with Crippen molar-refractivity contribution in [3.63, 3.8) is 0 Å². The number of benzene rings is 1.